The monoisotopic (exact) mass is 296 g/mol. The Morgan fingerprint density at radius 3 is 2.59 bits per heavy atom. The Balaban J connectivity index is 1.86. The summed E-state index contributed by atoms with van der Waals surface area (Å²) in [4.78, 5) is 4.29. The van der Waals surface area contributed by atoms with Crippen molar-refractivity contribution in [2.75, 3.05) is 5.73 Å². The minimum Gasteiger partial charge on any atom is -0.368 e. The molecule has 1 saturated carbocycles. The Kier molecular flexibility index (Phi) is 3.06. The minimum atomic E-state index is -0.250. The first-order chi connectivity index (χ1) is 10.7. The number of nitrogens with two attached hydrogens (primary N) is 1. The summed E-state index contributed by atoms with van der Waals surface area (Å²) in [5, 5.41) is 4.55. The van der Waals surface area contributed by atoms with Crippen molar-refractivity contribution in [3.05, 3.63) is 47.9 Å². The molecule has 0 atom stereocenters. The summed E-state index contributed by atoms with van der Waals surface area (Å²) >= 11 is 0. The first kappa shape index (κ1) is 13.2. The van der Waals surface area contributed by atoms with Crippen LogP contribution in [0.15, 0.2) is 36.5 Å². The van der Waals surface area contributed by atoms with E-state index in [1.807, 2.05) is 12.3 Å². The number of nitrogens with zero attached hydrogens (tertiary/aromatic N) is 3. The van der Waals surface area contributed by atoms with Gasteiger partial charge in [0.25, 0.3) is 0 Å². The molecule has 4 rings (SSSR count). The maximum Gasteiger partial charge on any atom is 0.221 e. The normalized spacial score (nSPS) is 15.7. The molecule has 2 heterocycles. The van der Waals surface area contributed by atoms with Crippen LogP contribution < -0.4 is 5.73 Å². The number of anilines is 1. The van der Waals surface area contributed by atoms with Crippen LogP contribution in [0, 0.1) is 5.82 Å². The number of hydrogen-bond donors (Lipinski definition) is 1. The van der Waals surface area contributed by atoms with Crippen molar-refractivity contribution in [3.8, 4) is 11.3 Å². The smallest absolute Gasteiger partial charge is 0.221 e. The van der Waals surface area contributed by atoms with Gasteiger partial charge in [0.1, 0.15) is 5.82 Å². The van der Waals surface area contributed by atoms with Crippen molar-refractivity contribution in [2.45, 2.75) is 31.6 Å². The van der Waals surface area contributed by atoms with E-state index < -0.39 is 0 Å². The average Bonchev–Trinajstić information content (AvgIpc) is 3.18. The molecule has 112 valence electrons. The van der Waals surface area contributed by atoms with Gasteiger partial charge in [-0.2, -0.15) is 9.61 Å². The third-order valence-corrected chi connectivity index (χ3v) is 4.49. The third-order valence-electron chi connectivity index (χ3n) is 4.49. The fourth-order valence-electron chi connectivity index (χ4n) is 3.33. The van der Waals surface area contributed by atoms with Crippen molar-refractivity contribution in [2.24, 2.45) is 0 Å². The van der Waals surface area contributed by atoms with Gasteiger partial charge in [-0.25, -0.2) is 9.37 Å². The summed E-state index contributed by atoms with van der Waals surface area (Å²) in [6, 6.07) is 8.38. The molecule has 1 aliphatic carbocycles. The fourth-order valence-corrected chi connectivity index (χ4v) is 3.33. The number of nitrogen functional groups attached to an aromatic ring is 1. The molecule has 2 N–H and O–H groups in total. The van der Waals surface area contributed by atoms with Crippen LogP contribution in [0.2, 0.25) is 0 Å². The second-order valence-corrected chi connectivity index (χ2v) is 5.89. The van der Waals surface area contributed by atoms with Gasteiger partial charge in [-0.1, -0.05) is 12.8 Å². The average molecular weight is 296 g/mol. The van der Waals surface area contributed by atoms with E-state index in [-0.39, 0.29) is 5.82 Å². The summed E-state index contributed by atoms with van der Waals surface area (Å²) in [7, 11) is 0. The largest absolute Gasteiger partial charge is 0.368 e. The van der Waals surface area contributed by atoms with Crippen LogP contribution in [0.5, 0.6) is 0 Å². The summed E-state index contributed by atoms with van der Waals surface area (Å²) in [6.07, 6.45) is 6.80. The maximum absolute atomic E-state index is 13.1. The molecule has 0 aliphatic heterocycles. The Hall–Kier alpha value is -2.43. The maximum atomic E-state index is 13.1. The minimum absolute atomic E-state index is 0.250. The van der Waals surface area contributed by atoms with Gasteiger partial charge in [-0.15, -0.1) is 0 Å². The number of rotatable bonds is 2. The molecule has 5 heteroatoms. The number of aromatic nitrogens is 3. The van der Waals surface area contributed by atoms with Gasteiger partial charge < -0.3 is 5.73 Å². The summed E-state index contributed by atoms with van der Waals surface area (Å²) in [5.41, 5.74) is 9.86. The highest BCUT2D eigenvalue weighted by Gasteiger charge is 2.21. The zero-order chi connectivity index (χ0) is 15.1. The predicted molar refractivity (Wildman–Crippen MR) is 84.0 cm³/mol. The van der Waals surface area contributed by atoms with Gasteiger partial charge in [0.2, 0.25) is 5.95 Å². The highest BCUT2D eigenvalue weighted by atomic mass is 19.1. The van der Waals surface area contributed by atoms with Crippen LogP contribution in [0.4, 0.5) is 10.3 Å². The van der Waals surface area contributed by atoms with Crippen molar-refractivity contribution < 1.29 is 4.39 Å². The lowest BCUT2D eigenvalue weighted by Crippen LogP contribution is -2.05. The molecule has 3 aromatic rings. The number of hydrogen-bond acceptors (Lipinski definition) is 3. The quantitative estimate of drug-likeness (QED) is 0.783. The fraction of sp³-hybridized carbons (Fsp3) is 0.294. The van der Waals surface area contributed by atoms with E-state index in [2.05, 4.69) is 10.1 Å². The van der Waals surface area contributed by atoms with Gasteiger partial charge in [0, 0.05) is 11.8 Å². The molecule has 0 spiro atoms. The van der Waals surface area contributed by atoms with E-state index in [9.17, 15) is 4.39 Å². The molecule has 1 aromatic carbocycles. The highest BCUT2D eigenvalue weighted by molar-refractivity contribution is 5.69. The van der Waals surface area contributed by atoms with Crippen molar-refractivity contribution in [3.63, 3.8) is 0 Å². The van der Waals surface area contributed by atoms with Crippen molar-refractivity contribution in [1.29, 1.82) is 0 Å². The summed E-state index contributed by atoms with van der Waals surface area (Å²) < 4.78 is 14.8. The SMILES string of the molecule is Nc1ncc(C2CCCC2)c2cc(-c3ccc(F)cc3)nn12. The third kappa shape index (κ3) is 2.13. The zero-order valence-electron chi connectivity index (χ0n) is 12.2. The van der Waals surface area contributed by atoms with Crippen LogP contribution in [0.25, 0.3) is 16.8 Å². The summed E-state index contributed by atoms with van der Waals surface area (Å²) in [6.45, 7) is 0. The van der Waals surface area contributed by atoms with Gasteiger partial charge in [-0.05, 0) is 54.7 Å². The van der Waals surface area contributed by atoms with Gasteiger partial charge in [0.05, 0.1) is 11.2 Å². The lowest BCUT2D eigenvalue weighted by molar-refractivity contribution is 0.628. The Labute approximate surface area is 127 Å². The molecular weight excluding hydrogens is 279 g/mol. The first-order valence-corrected chi connectivity index (χ1v) is 7.62. The molecule has 2 aromatic heterocycles. The van der Waals surface area contributed by atoms with Crippen LogP contribution in [0.3, 0.4) is 0 Å². The molecule has 1 aliphatic rings. The lowest BCUT2D eigenvalue weighted by Gasteiger charge is -2.11. The van der Waals surface area contributed by atoms with E-state index in [4.69, 9.17) is 5.73 Å². The molecule has 0 amide bonds. The molecule has 0 radical (unpaired) electrons. The van der Waals surface area contributed by atoms with Crippen LogP contribution in [-0.4, -0.2) is 14.6 Å². The van der Waals surface area contributed by atoms with Gasteiger partial charge in [-0.3, -0.25) is 0 Å². The van der Waals surface area contributed by atoms with Gasteiger partial charge in [0.15, 0.2) is 0 Å². The second-order valence-electron chi connectivity index (χ2n) is 5.89. The topological polar surface area (TPSA) is 56.2 Å². The number of benzene rings is 1. The van der Waals surface area contributed by atoms with E-state index in [1.54, 1.807) is 16.6 Å². The van der Waals surface area contributed by atoms with Crippen LogP contribution >= 0.6 is 0 Å². The molecule has 1 fully saturated rings. The zero-order valence-corrected chi connectivity index (χ0v) is 12.2. The second kappa shape index (κ2) is 5.09. The van der Waals surface area contributed by atoms with E-state index in [0.717, 1.165) is 16.8 Å². The molecule has 0 saturated heterocycles. The molecule has 22 heavy (non-hydrogen) atoms. The first-order valence-electron chi connectivity index (χ1n) is 7.62. The molecular formula is C17H17FN4. The van der Waals surface area contributed by atoms with Crippen LogP contribution in [-0.2, 0) is 0 Å². The number of halogens is 1. The molecule has 0 unspecified atom stereocenters. The number of fused-ring (bicyclic) bond motifs is 1. The Morgan fingerprint density at radius 2 is 1.86 bits per heavy atom. The lowest BCUT2D eigenvalue weighted by atomic mass is 9.98. The molecule has 0 bridgehead atoms. The van der Waals surface area contributed by atoms with Gasteiger partial charge >= 0.3 is 0 Å². The van der Waals surface area contributed by atoms with Crippen molar-refractivity contribution >= 4 is 11.5 Å². The Bertz CT molecular complexity index is 817. The predicted octanol–water partition coefficient (Wildman–Crippen LogP) is 3.78. The van der Waals surface area contributed by atoms with E-state index in [1.165, 1.54) is 43.4 Å². The van der Waals surface area contributed by atoms with Crippen LogP contribution in [0.1, 0.15) is 37.2 Å². The van der Waals surface area contributed by atoms with E-state index >= 15 is 0 Å². The van der Waals surface area contributed by atoms with E-state index in [0.29, 0.717) is 11.9 Å². The highest BCUT2D eigenvalue weighted by Crippen LogP contribution is 2.37. The van der Waals surface area contributed by atoms with Crippen molar-refractivity contribution in [1.82, 2.24) is 14.6 Å². The standard InChI is InChI=1S/C17H17FN4/c18-13-7-5-12(6-8-13)15-9-16-14(11-3-1-2-4-11)10-20-17(19)22(16)21-15/h5-11H,1-4H2,(H2,19,20). The summed E-state index contributed by atoms with van der Waals surface area (Å²) in [5.74, 6) is 0.666. The molecule has 4 nitrogen and oxygen atoms in total. The Morgan fingerprint density at radius 1 is 1.14 bits per heavy atom.